The molecule has 0 saturated heterocycles. The Labute approximate surface area is 134 Å². The minimum atomic E-state index is -0.691. The molecule has 1 amide bonds. The van der Waals surface area contributed by atoms with Gasteiger partial charge in [0.2, 0.25) is 0 Å². The Kier molecular flexibility index (Phi) is 4.15. The van der Waals surface area contributed by atoms with Crippen molar-refractivity contribution in [3.8, 4) is 11.3 Å². The molecule has 0 aliphatic carbocycles. The Hall–Kier alpha value is -3.00. The number of rotatable bonds is 5. The van der Waals surface area contributed by atoms with Gasteiger partial charge in [0.1, 0.15) is 9.93 Å². The number of furan rings is 1. The van der Waals surface area contributed by atoms with Crippen molar-refractivity contribution < 1.29 is 14.1 Å². The van der Waals surface area contributed by atoms with Crippen LogP contribution in [-0.4, -0.2) is 15.8 Å². The summed E-state index contributed by atoms with van der Waals surface area (Å²) in [6.45, 7) is 0.227. The maximum atomic E-state index is 11.9. The van der Waals surface area contributed by atoms with Gasteiger partial charge in [0.05, 0.1) is 18.3 Å². The number of carbonyl (C=O) groups is 1. The maximum absolute atomic E-state index is 11.9. The molecule has 116 valence electrons. The molecular weight excluding hydrogens is 318 g/mol. The quantitative estimate of drug-likeness (QED) is 0.572. The minimum Gasteiger partial charge on any atom is -0.395 e. The molecule has 0 radical (unpaired) electrons. The Balaban J connectivity index is 1.63. The van der Waals surface area contributed by atoms with Gasteiger partial charge in [0.15, 0.2) is 5.76 Å². The van der Waals surface area contributed by atoms with Gasteiger partial charge in [-0.05, 0) is 6.07 Å². The Morgan fingerprint density at radius 3 is 2.74 bits per heavy atom. The van der Waals surface area contributed by atoms with Crippen LogP contribution in [0.3, 0.4) is 0 Å². The van der Waals surface area contributed by atoms with Crippen LogP contribution in [0.1, 0.15) is 15.6 Å². The van der Waals surface area contributed by atoms with Crippen molar-refractivity contribution in [2.75, 3.05) is 0 Å². The monoisotopic (exact) mass is 329 g/mol. The van der Waals surface area contributed by atoms with Crippen molar-refractivity contribution in [3.05, 3.63) is 68.7 Å². The van der Waals surface area contributed by atoms with E-state index in [0.29, 0.717) is 0 Å². The third-order valence-electron chi connectivity index (χ3n) is 3.02. The summed E-state index contributed by atoms with van der Waals surface area (Å²) in [7, 11) is 0. The summed E-state index contributed by atoms with van der Waals surface area (Å²) in [5, 5.41) is 15.8. The zero-order chi connectivity index (χ0) is 16.2. The van der Waals surface area contributed by atoms with Crippen LogP contribution in [0.15, 0.2) is 52.3 Å². The Morgan fingerprint density at radius 2 is 2.04 bits per heavy atom. The van der Waals surface area contributed by atoms with Gasteiger partial charge >= 0.3 is 5.88 Å². The summed E-state index contributed by atoms with van der Waals surface area (Å²) >= 11 is 1.43. The number of benzene rings is 1. The first kappa shape index (κ1) is 14.9. The fourth-order valence-electron chi connectivity index (χ4n) is 1.92. The molecule has 2 heterocycles. The summed E-state index contributed by atoms with van der Waals surface area (Å²) in [6, 6.07) is 12.1. The fraction of sp³-hybridized carbons (Fsp3) is 0.0667. The summed E-state index contributed by atoms with van der Waals surface area (Å²) in [5.41, 5.74) is 1.84. The van der Waals surface area contributed by atoms with Gasteiger partial charge in [-0.15, -0.1) is 11.3 Å². The van der Waals surface area contributed by atoms with E-state index in [2.05, 4.69) is 10.3 Å². The zero-order valence-electron chi connectivity index (χ0n) is 11.8. The van der Waals surface area contributed by atoms with Gasteiger partial charge in [-0.2, -0.15) is 0 Å². The highest BCUT2D eigenvalue weighted by atomic mass is 32.1. The number of thiazole rings is 1. The van der Waals surface area contributed by atoms with Crippen LogP contribution >= 0.6 is 11.3 Å². The van der Waals surface area contributed by atoms with E-state index < -0.39 is 16.7 Å². The molecule has 0 saturated carbocycles. The first-order valence-electron chi connectivity index (χ1n) is 6.66. The smallest absolute Gasteiger partial charge is 0.395 e. The molecule has 8 heteroatoms. The second-order valence-electron chi connectivity index (χ2n) is 4.57. The number of nitro groups is 1. The Bertz CT molecular complexity index is 841. The first-order chi connectivity index (χ1) is 11.1. The Morgan fingerprint density at radius 1 is 1.26 bits per heavy atom. The van der Waals surface area contributed by atoms with Crippen LogP contribution in [-0.2, 0) is 6.54 Å². The maximum Gasteiger partial charge on any atom is 0.433 e. The molecule has 3 rings (SSSR count). The standard InChI is InChI=1S/C15H11N3O4S/c19-15(12-6-7-14(22-12)18(20)21)16-8-13-17-11(9-23-13)10-4-2-1-3-5-10/h1-7,9H,8H2,(H,16,19). The summed E-state index contributed by atoms with van der Waals surface area (Å²) < 4.78 is 4.84. The van der Waals surface area contributed by atoms with Crippen LogP contribution < -0.4 is 5.32 Å². The van der Waals surface area contributed by atoms with Crippen molar-refractivity contribution in [1.29, 1.82) is 0 Å². The molecule has 2 aromatic heterocycles. The number of hydrogen-bond acceptors (Lipinski definition) is 6. The van der Waals surface area contributed by atoms with E-state index in [4.69, 9.17) is 4.42 Å². The number of nitrogens with one attached hydrogen (secondary N) is 1. The lowest BCUT2D eigenvalue weighted by atomic mass is 10.2. The van der Waals surface area contributed by atoms with Crippen molar-refractivity contribution in [2.45, 2.75) is 6.54 Å². The molecule has 23 heavy (non-hydrogen) atoms. The molecule has 0 unspecified atom stereocenters. The van der Waals surface area contributed by atoms with Crippen molar-refractivity contribution in [1.82, 2.24) is 10.3 Å². The SMILES string of the molecule is O=C(NCc1nc(-c2ccccc2)cs1)c1ccc([N+](=O)[O-])o1. The lowest BCUT2D eigenvalue weighted by Gasteiger charge is -1.99. The topological polar surface area (TPSA) is 98.3 Å². The summed E-state index contributed by atoms with van der Waals surface area (Å²) in [5.74, 6) is -1.08. The molecule has 1 aromatic carbocycles. The summed E-state index contributed by atoms with van der Waals surface area (Å²) in [6.07, 6.45) is 0. The van der Waals surface area contributed by atoms with Crippen LogP contribution in [0, 0.1) is 10.1 Å². The van der Waals surface area contributed by atoms with Crippen LogP contribution in [0.2, 0.25) is 0 Å². The van der Waals surface area contributed by atoms with Crippen LogP contribution in [0.25, 0.3) is 11.3 Å². The highest BCUT2D eigenvalue weighted by Gasteiger charge is 2.17. The van der Waals surface area contributed by atoms with Crippen LogP contribution in [0.4, 0.5) is 5.88 Å². The molecule has 0 aliphatic heterocycles. The fourth-order valence-corrected chi connectivity index (χ4v) is 2.67. The molecule has 0 atom stereocenters. The zero-order valence-corrected chi connectivity index (χ0v) is 12.6. The van der Waals surface area contributed by atoms with Gasteiger partial charge in [0.25, 0.3) is 5.91 Å². The number of carbonyl (C=O) groups excluding carboxylic acids is 1. The molecule has 1 N–H and O–H groups in total. The van der Waals surface area contributed by atoms with Crippen LogP contribution in [0.5, 0.6) is 0 Å². The van der Waals surface area contributed by atoms with E-state index in [-0.39, 0.29) is 12.3 Å². The highest BCUT2D eigenvalue weighted by molar-refractivity contribution is 7.09. The number of nitrogens with zero attached hydrogens (tertiary/aromatic N) is 2. The molecule has 7 nitrogen and oxygen atoms in total. The van der Waals surface area contributed by atoms with Crippen molar-refractivity contribution in [2.24, 2.45) is 0 Å². The predicted molar refractivity (Wildman–Crippen MR) is 84.1 cm³/mol. The predicted octanol–water partition coefficient (Wildman–Crippen LogP) is 3.24. The average molecular weight is 329 g/mol. The minimum absolute atomic E-state index is 0.100. The van der Waals surface area contributed by atoms with Crippen molar-refractivity contribution >= 4 is 23.1 Å². The van der Waals surface area contributed by atoms with Gasteiger partial charge in [0, 0.05) is 10.9 Å². The highest BCUT2D eigenvalue weighted by Crippen LogP contribution is 2.21. The second-order valence-corrected chi connectivity index (χ2v) is 5.51. The summed E-state index contributed by atoms with van der Waals surface area (Å²) in [4.78, 5) is 26.2. The lowest BCUT2D eigenvalue weighted by molar-refractivity contribution is -0.402. The lowest BCUT2D eigenvalue weighted by Crippen LogP contribution is -2.22. The third-order valence-corrected chi connectivity index (χ3v) is 3.87. The molecule has 0 fully saturated rings. The molecule has 0 spiro atoms. The number of amides is 1. The molecular formula is C15H11N3O4S. The third kappa shape index (κ3) is 3.43. The molecule has 0 aliphatic rings. The van der Waals surface area contributed by atoms with Gasteiger partial charge < -0.3 is 9.73 Å². The van der Waals surface area contributed by atoms with Crippen molar-refractivity contribution in [3.63, 3.8) is 0 Å². The van der Waals surface area contributed by atoms with E-state index in [1.165, 1.54) is 17.4 Å². The normalized spacial score (nSPS) is 10.4. The number of aromatic nitrogens is 1. The molecule has 0 bridgehead atoms. The number of hydrogen-bond donors (Lipinski definition) is 1. The van der Waals surface area contributed by atoms with E-state index in [0.717, 1.165) is 22.3 Å². The van der Waals surface area contributed by atoms with Gasteiger partial charge in [-0.1, -0.05) is 30.3 Å². The average Bonchev–Trinajstić information content (AvgIpc) is 3.23. The van der Waals surface area contributed by atoms with Gasteiger partial charge in [-0.3, -0.25) is 14.9 Å². The van der Waals surface area contributed by atoms with E-state index in [1.807, 2.05) is 35.7 Å². The largest absolute Gasteiger partial charge is 0.433 e. The van der Waals surface area contributed by atoms with Gasteiger partial charge in [-0.25, -0.2) is 4.98 Å². The second kappa shape index (κ2) is 6.41. The van der Waals surface area contributed by atoms with E-state index >= 15 is 0 Å². The van der Waals surface area contributed by atoms with E-state index in [9.17, 15) is 14.9 Å². The first-order valence-corrected chi connectivity index (χ1v) is 7.53. The molecule has 3 aromatic rings. The van der Waals surface area contributed by atoms with E-state index in [1.54, 1.807) is 0 Å².